The van der Waals surface area contributed by atoms with Crippen LogP contribution in [-0.4, -0.2) is 82.6 Å². The lowest BCUT2D eigenvalue weighted by atomic mass is 9.80. The fourth-order valence-electron chi connectivity index (χ4n) is 9.48. The number of hydrogen-bond donors (Lipinski definition) is 2. The van der Waals surface area contributed by atoms with Crippen molar-refractivity contribution >= 4 is 38.1 Å². The molecular formula is C53H50N6O6. The zero-order valence-corrected chi connectivity index (χ0v) is 36.5. The first kappa shape index (κ1) is 42.0. The second-order valence-corrected chi connectivity index (χ2v) is 16.4. The molecule has 7 aromatic carbocycles. The first-order valence-corrected chi connectivity index (χ1v) is 21.9. The summed E-state index contributed by atoms with van der Waals surface area (Å²) in [7, 11) is 4.86. The fourth-order valence-corrected chi connectivity index (χ4v) is 9.48. The summed E-state index contributed by atoms with van der Waals surface area (Å²) in [6.07, 6.45) is 4.13. The maximum atomic E-state index is 12.0. The van der Waals surface area contributed by atoms with Gasteiger partial charge in [-0.25, -0.2) is 9.97 Å². The molecule has 3 heterocycles. The van der Waals surface area contributed by atoms with Gasteiger partial charge in [0.15, 0.2) is 0 Å². The number of unbranched alkanes of at least 4 members (excludes halogenated alkanes) is 1. The van der Waals surface area contributed by atoms with Crippen molar-refractivity contribution in [1.29, 1.82) is 0 Å². The van der Waals surface area contributed by atoms with Crippen molar-refractivity contribution in [2.24, 2.45) is 0 Å². The van der Waals surface area contributed by atoms with Crippen LogP contribution in [0.15, 0.2) is 152 Å². The van der Waals surface area contributed by atoms with Crippen LogP contribution in [0, 0.1) is 0 Å². The summed E-state index contributed by atoms with van der Waals surface area (Å²) in [5.74, 6) is 2.35. The molecule has 10 rings (SSSR count). The smallest absolute Gasteiger partial charge is 0.253 e. The Morgan fingerprint density at radius 1 is 0.723 bits per heavy atom. The lowest BCUT2D eigenvalue weighted by Gasteiger charge is -2.37. The van der Waals surface area contributed by atoms with E-state index in [0.29, 0.717) is 23.9 Å². The first-order chi connectivity index (χ1) is 32.0. The molecule has 12 nitrogen and oxygen atoms in total. The minimum atomic E-state index is -1.11. The molecule has 0 saturated carbocycles. The molecule has 65 heavy (non-hydrogen) atoms. The highest BCUT2D eigenvalue weighted by Crippen LogP contribution is 2.44. The maximum Gasteiger partial charge on any atom is 0.253 e. The molecular weight excluding hydrogens is 817 g/mol. The van der Waals surface area contributed by atoms with Gasteiger partial charge in [0.2, 0.25) is 0 Å². The third kappa shape index (κ3) is 7.88. The molecule has 4 atom stereocenters. The van der Waals surface area contributed by atoms with E-state index in [0.717, 1.165) is 47.5 Å². The van der Waals surface area contributed by atoms with Crippen LogP contribution in [-0.2, 0) is 26.2 Å². The highest BCUT2D eigenvalue weighted by molar-refractivity contribution is 6.23. The van der Waals surface area contributed by atoms with Crippen LogP contribution in [0.2, 0.25) is 0 Å². The van der Waals surface area contributed by atoms with Crippen molar-refractivity contribution < 1.29 is 28.8 Å². The van der Waals surface area contributed by atoms with Crippen LogP contribution >= 0.6 is 0 Å². The molecule has 1 aliphatic heterocycles. The van der Waals surface area contributed by atoms with Gasteiger partial charge in [0.25, 0.3) is 5.95 Å². The van der Waals surface area contributed by atoms with Gasteiger partial charge < -0.3 is 34.1 Å². The first-order valence-electron chi connectivity index (χ1n) is 21.9. The predicted octanol–water partition coefficient (Wildman–Crippen LogP) is 9.23. The van der Waals surface area contributed by atoms with E-state index in [2.05, 4.69) is 75.0 Å². The Morgan fingerprint density at radius 3 is 2.05 bits per heavy atom. The third-order valence-corrected chi connectivity index (χ3v) is 12.8. The number of rotatable bonds is 17. The molecule has 0 bridgehead atoms. The lowest BCUT2D eigenvalue weighted by molar-refractivity contribution is -0.0828. The Labute approximate surface area is 377 Å². The topological polar surface area (TPSA) is 135 Å². The van der Waals surface area contributed by atoms with Gasteiger partial charge in [0, 0.05) is 25.4 Å². The fraction of sp³-hybridized carbons (Fsp3) is 0.245. The molecule has 2 N–H and O–H groups in total. The van der Waals surface area contributed by atoms with Gasteiger partial charge >= 0.3 is 0 Å². The zero-order valence-electron chi connectivity index (χ0n) is 36.5. The van der Waals surface area contributed by atoms with Crippen molar-refractivity contribution in [3.05, 3.63) is 180 Å². The minimum Gasteiger partial charge on any atom is -0.497 e. The average molecular weight is 867 g/mol. The standard InChI is InChI=1S/C53H50N6O6/c1-61-41-24-20-39(21-25-41)53(38-13-5-4-6-14-38,40-22-26-42(62-2)27-23-40)64-31-45-48(60)50(63-3)49(65-45)44-30-56-52(59-33-54-32-57-59)58-51(44)55-29-8-7-10-34-15-16-37-18-17-35-11-9-12-36-19-28-43(34)47(37)46(35)36/h4-6,9,11-28,30,32-33,45,48-50,60H,7-8,10,29,31H2,1-3H3,(H,55,56,58)/t45-,48-,49+,50-/m1/s1. The molecule has 1 aliphatic rings. The molecule has 328 valence electrons. The summed E-state index contributed by atoms with van der Waals surface area (Å²) < 4.78 is 32.6. The zero-order chi connectivity index (χ0) is 44.3. The highest BCUT2D eigenvalue weighted by Gasteiger charge is 2.48. The van der Waals surface area contributed by atoms with Gasteiger partial charge in [0.05, 0.1) is 20.8 Å². The van der Waals surface area contributed by atoms with Gasteiger partial charge in [-0.2, -0.15) is 14.8 Å². The predicted molar refractivity (Wildman–Crippen MR) is 251 cm³/mol. The molecule has 2 aromatic heterocycles. The number of benzene rings is 7. The maximum absolute atomic E-state index is 12.0. The van der Waals surface area contributed by atoms with Gasteiger partial charge in [-0.05, 0) is 98.1 Å². The van der Waals surface area contributed by atoms with Crippen molar-refractivity contribution in [3.63, 3.8) is 0 Å². The third-order valence-electron chi connectivity index (χ3n) is 12.8. The van der Waals surface area contributed by atoms with E-state index in [1.807, 2.05) is 78.9 Å². The van der Waals surface area contributed by atoms with E-state index in [1.165, 1.54) is 48.9 Å². The average Bonchev–Trinajstić information content (AvgIpc) is 4.02. The number of methoxy groups -OCH3 is 3. The Morgan fingerprint density at radius 2 is 1.38 bits per heavy atom. The van der Waals surface area contributed by atoms with Crippen molar-refractivity contribution in [1.82, 2.24) is 24.7 Å². The molecule has 0 aliphatic carbocycles. The van der Waals surface area contributed by atoms with Crippen LogP contribution in [0.4, 0.5) is 5.82 Å². The molecule has 9 aromatic rings. The van der Waals surface area contributed by atoms with Gasteiger partial charge in [0.1, 0.15) is 60.0 Å². The van der Waals surface area contributed by atoms with Gasteiger partial charge in [-0.15, -0.1) is 0 Å². The summed E-state index contributed by atoms with van der Waals surface area (Å²) in [6.45, 7) is 0.642. The summed E-state index contributed by atoms with van der Waals surface area (Å²) in [4.78, 5) is 13.7. The Balaban J connectivity index is 0.910. The van der Waals surface area contributed by atoms with Crippen molar-refractivity contribution in [3.8, 4) is 17.4 Å². The normalized spacial score (nSPS) is 17.6. The minimum absolute atomic E-state index is 0.00813. The number of aliphatic hydroxyl groups is 1. The van der Waals surface area contributed by atoms with E-state index in [9.17, 15) is 5.11 Å². The monoisotopic (exact) mass is 866 g/mol. The molecule has 0 amide bonds. The number of aliphatic hydroxyl groups excluding tert-OH is 1. The SMILES string of the molecule is COc1ccc(C(OC[C@H]2O[C@@H](c3cnc(-n4cncn4)nc3NCCCCc3ccc4ccc5cccc6ccc3c4c56)[C@H](OC)[C@@H]2O)(c2ccccc2)c2ccc(OC)cc2)cc1. The number of anilines is 1. The number of hydrogen-bond acceptors (Lipinski definition) is 11. The molecule has 0 unspecified atom stereocenters. The summed E-state index contributed by atoms with van der Waals surface area (Å²) in [5, 5.41) is 27.6. The lowest BCUT2D eigenvalue weighted by Crippen LogP contribution is -2.40. The Hall–Kier alpha value is -6.96. The van der Waals surface area contributed by atoms with E-state index in [-0.39, 0.29) is 6.61 Å². The summed E-state index contributed by atoms with van der Waals surface area (Å²) in [5.41, 5.74) is 3.50. The molecule has 1 saturated heterocycles. The van der Waals surface area contributed by atoms with E-state index in [1.54, 1.807) is 33.9 Å². The van der Waals surface area contributed by atoms with Gasteiger partial charge in [-0.3, -0.25) is 0 Å². The summed E-state index contributed by atoms with van der Waals surface area (Å²) in [6, 6.07) is 45.7. The second-order valence-electron chi connectivity index (χ2n) is 16.4. The highest BCUT2D eigenvalue weighted by atomic mass is 16.6. The molecule has 0 spiro atoms. The van der Waals surface area contributed by atoms with Crippen molar-refractivity contribution in [2.45, 2.75) is 49.3 Å². The number of aryl methyl sites for hydroxylation is 1. The summed E-state index contributed by atoms with van der Waals surface area (Å²) >= 11 is 0. The largest absolute Gasteiger partial charge is 0.497 e. The Bertz CT molecular complexity index is 2940. The molecule has 12 heteroatoms. The van der Waals surface area contributed by atoms with E-state index in [4.69, 9.17) is 28.7 Å². The van der Waals surface area contributed by atoms with Crippen LogP contribution in [0.25, 0.3) is 38.3 Å². The number of aromatic nitrogens is 5. The van der Waals surface area contributed by atoms with Crippen molar-refractivity contribution in [2.75, 3.05) is 39.8 Å². The quantitative estimate of drug-likeness (QED) is 0.0515. The molecule has 0 radical (unpaired) electrons. The van der Waals surface area contributed by atoms with E-state index >= 15 is 0 Å². The number of ether oxygens (including phenoxy) is 5. The van der Waals surface area contributed by atoms with Crippen LogP contribution < -0.4 is 14.8 Å². The van der Waals surface area contributed by atoms with E-state index < -0.39 is 30.0 Å². The number of nitrogens with one attached hydrogen (secondary N) is 1. The van der Waals surface area contributed by atoms with Crippen LogP contribution in [0.3, 0.4) is 0 Å². The number of nitrogens with zero attached hydrogens (tertiary/aromatic N) is 5. The van der Waals surface area contributed by atoms with Gasteiger partial charge in [-0.1, -0.05) is 109 Å². The van der Waals surface area contributed by atoms with Crippen LogP contribution in [0.5, 0.6) is 11.5 Å². The second kappa shape index (κ2) is 18.3. The molecule has 1 fully saturated rings. The Kier molecular flexibility index (Phi) is 11.8. The van der Waals surface area contributed by atoms with Crippen LogP contribution in [0.1, 0.15) is 46.8 Å².